The Morgan fingerprint density at radius 1 is 1.33 bits per heavy atom. The van der Waals surface area contributed by atoms with E-state index in [4.69, 9.17) is 4.74 Å². The van der Waals surface area contributed by atoms with Crippen molar-refractivity contribution in [3.05, 3.63) is 35.9 Å². The van der Waals surface area contributed by atoms with Gasteiger partial charge in [0.15, 0.2) is 0 Å². The van der Waals surface area contributed by atoms with E-state index in [1.54, 1.807) is 0 Å². The topological polar surface area (TPSA) is 44.7 Å². The number of nitrogens with zero attached hydrogens (tertiary/aromatic N) is 1. The number of rotatable bonds is 5. The van der Waals surface area contributed by atoms with Gasteiger partial charge in [0.05, 0.1) is 12.2 Å². The van der Waals surface area contributed by atoms with E-state index in [-0.39, 0.29) is 6.10 Å². The Hall–Kier alpha value is -0.940. The van der Waals surface area contributed by atoms with E-state index in [0.29, 0.717) is 18.2 Å². The molecular formula is C17H26N2O2. The number of likely N-dealkylation sites (tertiary alicyclic amines) is 1. The summed E-state index contributed by atoms with van der Waals surface area (Å²) in [5.74, 6) is 0. The van der Waals surface area contributed by atoms with E-state index < -0.39 is 0 Å². The van der Waals surface area contributed by atoms with Gasteiger partial charge in [0.1, 0.15) is 0 Å². The van der Waals surface area contributed by atoms with E-state index in [2.05, 4.69) is 41.4 Å². The molecule has 0 radical (unpaired) electrons. The van der Waals surface area contributed by atoms with Gasteiger partial charge in [-0.25, -0.2) is 0 Å². The molecule has 0 saturated carbocycles. The van der Waals surface area contributed by atoms with Crippen molar-refractivity contribution in [3.8, 4) is 0 Å². The summed E-state index contributed by atoms with van der Waals surface area (Å²) in [4.78, 5) is 2.40. The molecule has 2 heterocycles. The molecule has 4 heteroatoms. The molecular weight excluding hydrogens is 264 g/mol. The SMILES string of the molecule is CC1OCCC1NCC1CC(O)CN1Cc1ccccc1. The molecule has 4 nitrogen and oxygen atoms in total. The summed E-state index contributed by atoms with van der Waals surface area (Å²) < 4.78 is 5.60. The number of ether oxygens (including phenoxy) is 1. The van der Waals surface area contributed by atoms with Gasteiger partial charge in [0, 0.05) is 38.3 Å². The summed E-state index contributed by atoms with van der Waals surface area (Å²) >= 11 is 0. The molecule has 1 aromatic rings. The first-order valence-electron chi connectivity index (χ1n) is 8.03. The zero-order chi connectivity index (χ0) is 14.7. The summed E-state index contributed by atoms with van der Waals surface area (Å²) in [5, 5.41) is 13.6. The van der Waals surface area contributed by atoms with E-state index in [1.165, 1.54) is 5.56 Å². The van der Waals surface area contributed by atoms with E-state index in [1.807, 2.05) is 6.07 Å². The Bertz CT molecular complexity index is 440. The highest BCUT2D eigenvalue weighted by Gasteiger charge is 2.32. The minimum Gasteiger partial charge on any atom is -0.392 e. The second kappa shape index (κ2) is 6.88. The van der Waals surface area contributed by atoms with Crippen molar-refractivity contribution < 1.29 is 9.84 Å². The molecule has 2 fully saturated rings. The van der Waals surface area contributed by atoms with Crippen LogP contribution in [0.2, 0.25) is 0 Å². The Morgan fingerprint density at radius 2 is 2.14 bits per heavy atom. The van der Waals surface area contributed by atoms with Gasteiger partial charge in [-0.15, -0.1) is 0 Å². The van der Waals surface area contributed by atoms with E-state index >= 15 is 0 Å². The van der Waals surface area contributed by atoms with Gasteiger partial charge in [-0.2, -0.15) is 0 Å². The summed E-state index contributed by atoms with van der Waals surface area (Å²) in [5.41, 5.74) is 1.31. The Morgan fingerprint density at radius 3 is 2.86 bits per heavy atom. The average molecular weight is 290 g/mol. The van der Waals surface area contributed by atoms with Crippen LogP contribution in [0.4, 0.5) is 0 Å². The monoisotopic (exact) mass is 290 g/mol. The molecule has 21 heavy (non-hydrogen) atoms. The third-order valence-electron chi connectivity index (χ3n) is 4.73. The van der Waals surface area contributed by atoms with Crippen LogP contribution >= 0.6 is 0 Å². The molecule has 3 rings (SSSR count). The van der Waals surface area contributed by atoms with Crippen LogP contribution in [-0.4, -0.2) is 54.0 Å². The van der Waals surface area contributed by atoms with Crippen LogP contribution in [0.1, 0.15) is 25.3 Å². The predicted octanol–water partition coefficient (Wildman–Crippen LogP) is 1.39. The molecule has 0 spiro atoms. The van der Waals surface area contributed by atoms with Crippen molar-refractivity contribution in [2.24, 2.45) is 0 Å². The molecule has 116 valence electrons. The molecule has 4 unspecified atom stereocenters. The van der Waals surface area contributed by atoms with E-state index in [0.717, 1.165) is 39.1 Å². The second-order valence-electron chi connectivity index (χ2n) is 6.34. The molecule has 0 bridgehead atoms. The molecule has 0 aliphatic carbocycles. The summed E-state index contributed by atoms with van der Waals surface area (Å²) in [6.45, 7) is 5.62. The van der Waals surface area contributed by atoms with Crippen LogP contribution < -0.4 is 5.32 Å². The number of nitrogens with one attached hydrogen (secondary N) is 1. The van der Waals surface area contributed by atoms with Crippen molar-refractivity contribution in [3.63, 3.8) is 0 Å². The zero-order valence-electron chi connectivity index (χ0n) is 12.7. The second-order valence-corrected chi connectivity index (χ2v) is 6.34. The lowest BCUT2D eigenvalue weighted by Crippen LogP contribution is -2.43. The first-order chi connectivity index (χ1) is 10.2. The fourth-order valence-corrected chi connectivity index (χ4v) is 3.47. The van der Waals surface area contributed by atoms with Crippen LogP contribution in [0, 0.1) is 0 Å². The standard InChI is InChI=1S/C17H26N2O2/c1-13-17(7-8-21-13)18-10-15-9-16(20)12-19(15)11-14-5-3-2-4-6-14/h2-6,13,15-18,20H,7-12H2,1H3. The molecule has 2 N–H and O–H groups in total. The smallest absolute Gasteiger partial charge is 0.0700 e. The molecule has 2 aliphatic heterocycles. The van der Waals surface area contributed by atoms with Gasteiger partial charge in [0.2, 0.25) is 0 Å². The summed E-state index contributed by atoms with van der Waals surface area (Å²) in [6.07, 6.45) is 2.06. The normalized spacial score (nSPS) is 33.6. The van der Waals surface area contributed by atoms with Crippen LogP contribution in [0.3, 0.4) is 0 Å². The molecule has 0 amide bonds. The number of hydrogen-bond acceptors (Lipinski definition) is 4. The molecule has 2 saturated heterocycles. The molecule has 2 aliphatic rings. The molecule has 1 aromatic carbocycles. The zero-order valence-corrected chi connectivity index (χ0v) is 12.7. The Labute approximate surface area is 127 Å². The molecule has 0 aromatic heterocycles. The van der Waals surface area contributed by atoms with Gasteiger partial charge < -0.3 is 15.2 Å². The average Bonchev–Trinajstić information content (AvgIpc) is 3.04. The van der Waals surface area contributed by atoms with Crippen molar-refractivity contribution in [2.45, 2.75) is 50.6 Å². The number of β-amino-alcohol motifs (C(OH)–C–C–N with tert-alkyl or cyclic N) is 1. The van der Waals surface area contributed by atoms with Crippen LogP contribution in [0.5, 0.6) is 0 Å². The van der Waals surface area contributed by atoms with Crippen LogP contribution in [-0.2, 0) is 11.3 Å². The highest BCUT2D eigenvalue weighted by Crippen LogP contribution is 2.21. The fraction of sp³-hybridized carbons (Fsp3) is 0.647. The maximum atomic E-state index is 10.00. The van der Waals surface area contributed by atoms with Gasteiger partial charge in [0.25, 0.3) is 0 Å². The van der Waals surface area contributed by atoms with Crippen molar-refractivity contribution in [2.75, 3.05) is 19.7 Å². The first kappa shape index (κ1) is 15.0. The van der Waals surface area contributed by atoms with E-state index in [9.17, 15) is 5.11 Å². The van der Waals surface area contributed by atoms with Gasteiger partial charge in [-0.1, -0.05) is 30.3 Å². The molecule has 4 atom stereocenters. The Balaban J connectivity index is 1.55. The summed E-state index contributed by atoms with van der Waals surface area (Å²) in [7, 11) is 0. The van der Waals surface area contributed by atoms with Gasteiger partial charge in [-0.05, 0) is 25.3 Å². The minimum atomic E-state index is -0.197. The van der Waals surface area contributed by atoms with Crippen molar-refractivity contribution >= 4 is 0 Å². The van der Waals surface area contributed by atoms with Crippen molar-refractivity contribution in [1.82, 2.24) is 10.2 Å². The van der Waals surface area contributed by atoms with Gasteiger partial charge >= 0.3 is 0 Å². The highest BCUT2D eigenvalue weighted by molar-refractivity contribution is 5.15. The number of aliphatic hydroxyl groups excluding tert-OH is 1. The fourth-order valence-electron chi connectivity index (χ4n) is 3.47. The van der Waals surface area contributed by atoms with Crippen LogP contribution in [0.25, 0.3) is 0 Å². The maximum absolute atomic E-state index is 10.00. The third-order valence-corrected chi connectivity index (χ3v) is 4.73. The maximum Gasteiger partial charge on any atom is 0.0700 e. The lowest BCUT2D eigenvalue weighted by Gasteiger charge is -2.26. The number of hydrogen-bond donors (Lipinski definition) is 2. The van der Waals surface area contributed by atoms with Gasteiger partial charge in [-0.3, -0.25) is 4.90 Å². The van der Waals surface area contributed by atoms with Crippen LogP contribution in [0.15, 0.2) is 30.3 Å². The first-order valence-corrected chi connectivity index (χ1v) is 8.03. The lowest BCUT2D eigenvalue weighted by molar-refractivity contribution is 0.111. The highest BCUT2D eigenvalue weighted by atomic mass is 16.5. The van der Waals surface area contributed by atoms with Crippen molar-refractivity contribution in [1.29, 1.82) is 0 Å². The minimum absolute atomic E-state index is 0.197. The largest absolute Gasteiger partial charge is 0.392 e. The quantitative estimate of drug-likeness (QED) is 0.860. The number of aliphatic hydroxyl groups is 1. The third kappa shape index (κ3) is 3.83. The lowest BCUT2D eigenvalue weighted by atomic mass is 10.1. The summed E-state index contributed by atoms with van der Waals surface area (Å²) in [6, 6.07) is 11.4. The number of benzene rings is 1. The predicted molar refractivity (Wildman–Crippen MR) is 83.1 cm³/mol. The Kier molecular flexibility index (Phi) is 4.91.